The van der Waals surface area contributed by atoms with Gasteiger partial charge >= 0.3 is 0 Å². The number of nitrogens with zero attached hydrogens (tertiary/aromatic N) is 2. The third-order valence-corrected chi connectivity index (χ3v) is 5.40. The highest BCUT2D eigenvalue weighted by molar-refractivity contribution is 6.46. The van der Waals surface area contributed by atoms with Crippen LogP contribution < -0.4 is 4.74 Å². The smallest absolute Gasteiger partial charge is 0.295 e. The van der Waals surface area contributed by atoms with Crippen LogP contribution in [0.1, 0.15) is 31.0 Å². The van der Waals surface area contributed by atoms with Crippen molar-refractivity contribution in [1.29, 1.82) is 0 Å². The van der Waals surface area contributed by atoms with Gasteiger partial charge in [-0.3, -0.25) is 9.59 Å². The van der Waals surface area contributed by atoms with Crippen molar-refractivity contribution in [2.75, 3.05) is 27.2 Å². The Kier molecular flexibility index (Phi) is 7.11. The summed E-state index contributed by atoms with van der Waals surface area (Å²) in [5, 5.41) is 21.1. The number of carbonyl (C=O) groups excluding carboxylic acids is 2. The molecule has 32 heavy (non-hydrogen) atoms. The number of hydrogen-bond acceptors (Lipinski definition) is 6. The third kappa shape index (κ3) is 4.89. The highest BCUT2D eigenvalue weighted by Crippen LogP contribution is 2.41. The van der Waals surface area contributed by atoms with Crippen molar-refractivity contribution in [3.8, 4) is 11.5 Å². The molecule has 0 saturated carbocycles. The number of amides is 1. The number of ketones is 1. The van der Waals surface area contributed by atoms with Gasteiger partial charge in [0.05, 0.1) is 22.7 Å². The van der Waals surface area contributed by atoms with E-state index in [1.54, 1.807) is 30.3 Å². The topological polar surface area (TPSA) is 90.3 Å². The second-order valence-electron chi connectivity index (χ2n) is 8.20. The maximum absolute atomic E-state index is 13.0. The van der Waals surface area contributed by atoms with E-state index in [-0.39, 0.29) is 34.8 Å². The van der Waals surface area contributed by atoms with Crippen LogP contribution in [0, 0.1) is 0 Å². The number of hydrogen-bond donors (Lipinski definition) is 2. The number of phenolic OH excluding ortho intramolecular Hbond substituents is 1. The van der Waals surface area contributed by atoms with Gasteiger partial charge in [0.25, 0.3) is 11.7 Å². The average molecular weight is 459 g/mol. The zero-order chi connectivity index (χ0) is 23.6. The molecule has 0 aliphatic carbocycles. The Balaban J connectivity index is 2.15. The maximum atomic E-state index is 13.0. The van der Waals surface area contributed by atoms with Crippen molar-refractivity contribution >= 4 is 29.1 Å². The first-order chi connectivity index (χ1) is 15.1. The number of ether oxygens (including phenoxy) is 1. The molecule has 1 amide bonds. The Labute approximate surface area is 192 Å². The number of phenols is 1. The Bertz CT molecular complexity index is 1060. The van der Waals surface area contributed by atoms with Gasteiger partial charge in [-0.25, -0.2) is 0 Å². The van der Waals surface area contributed by atoms with Gasteiger partial charge in [-0.2, -0.15) is 0 Å². The molecule has 3 rings (SSSR count). The van der Waals surface area contributed by atoms with Crippen LogP contribution in [-0.2, 0) is 9.59 Å². The summed E-state index contributed by atoms with van der Waals surface area (Å²) in [7, 11) is 3.73. The number of aliphatic hydroxyl groups is 1. The summed E-state index contributed by atoms with van der Waals surface area (Å²) >= 11 is 6.11. The molecular weight excluding hydrogens is 432 g/mol. The molecule has 2 N–H and O–H groups in total. The molecule has 170 valence electrons. The number of aromatic hydroxyl groups is 1. The molecule has 7 nitrogen and oxygen atoms in total. The first-order valence-electron chi connectivity index (χ1n) is 10.3. The van der Waals surface area contributed by atoms with Crippen molar-refractivity contribution in [2.45, 2.75) is 26.0 Å². The van der Waals surface area contributed by atoms with Crippen LogP contribution in [0.15, 0.2) is 48.0 Å². The molecule has 0 radical (unpaired) electrons. The van der Waals surface area contributed by atoms with E-state index in [1.165, 1.54) is 17.0 Å². The van der Waals surface area contributed by atoms with Gasteiger partial charge in [-0.05, 0) is 57.8 Å². The number of halogens is 1. The lowest BCUT2D eigenvalue weighted by Gasteiger charge is -2.26. The van der Waals surface area contributed by atoms with Gasteiger partial charge < -0.3 is 24.7 Å². The Hall–Kier alpha value is -3.03. The SMILES string of the molecule is CC(C)Oc1cccc(/C(O)=C2/C(=O)C(=O)N(CCN(C)C)C2c2ccc(O)c(Cl)c2)c1. The molecule has 2 aromatic rings. The Morgan fingerprint density at radius 3 is 2.53 bits per heavy atom. The zero-order valence-corrected chi connectivity index (χ0v) is 19.3. The van der Waals surface area contributed by atoms with Crippen molar-refractivity contribution in [3.05, 3.63) is 64.2 Å². The zero-order valence-electron chi connectivity index (χ0n) is 18.5. The minimum Gasteiger partial charge on any atom is -0.507 e. The minimum absolute atomic E-state index is 0.0304. The van der Waals surface area contributed by atoms with Crippen molar-refractivity contribution in [2.24, 2.45) is 0 Å². The fraction of sp³-hybridized carbons (Fsp3) is 0.333. The summed E-state index contributed by atoms with van der Waals surface area (Å²) in [6.07, 6.45) is -0.0665. The second kappa shape index (κ2) is 9.63. The van der Waals surface area contributed by atoms with Crippen molar-refractivity contribution in [3.63, 3.8) is 0 Å². The van der Waals surface area contributed by atoms with Crippen LogP contribution in [0.25, 0.3) is 5.76 Å². The van der Waals surface area contributed by atoms with Gasteiger partial charge in [-0.1, -0.05) is 29.8 Å². The number of benzene rings is 2. The molecule has 0 aromatic heterocycles. The van der Waals surface area contributed by atoms with Gasteiger partial charge in [-0.15, -0.1) is 0 Å². The molecule has 1 heterocycles. The Morgan fingerprint density at radius 2 is 1.91 bits per heavy atom. The van der Waals surface area contributed by atoms with Crippen LogP contribution in [-0.4, -0.2) is 65.0 Å². The normalized spacial score (nSPS) is 18.1. The summed E-state index contributed by atoms with van der Waals surface area (Å²) < 4.78 is 5.70. The molecule has 0 spiro atoms. The van der Waals surface area contributed by atoms with E-state index >= 15 is 0 Å². The fourth-order valence-electron chi connectivity index (χ4n) is 3.60. The number of rotatable bonds is 7. The lowest BCUT2D eigenvalue weighted by molar-refractivity contribution is -0.140. The molecule has 1 aliphatic rings. The lowest BCUT2D eigenvalue weighted by Crippen LogP contribution is -2.35. The van der Waals surface area contributed by atoms with E-state index in [4.69, 9.17) is 16.3 Å². The van der Waals surface area contributed by atoms with E-state index in [0.29, 0.717) is 23.4 Å². The minimum atomic E-state index is -0.845. The van der Waals surface area contributed by atoms with Gasteiger partial charge in [0.2, 0.25) is 0 Å². The number of likely N-dealkylation sites (N-methyl/N-ethyl adjacent to an activating group) is 1. The molecular formula is C24H27ClN2O5. The highest BCUT2D eigenvalue weighted by atomic mass is 35.5. The molecule has 1 saturated heterocycles. The molecule has 1 fully saturated rings. The lowest BCUT2D eigenvalue weighted by atomic mass is 9.95. The first kappa shape index (κ1) is 23.6. The summed E-state index contributed by atoms with van der Waals surface area (Å²) in [6, 6.07) is 10.4. The number of carbonyl (C=O) groups is 2. The van der Waals surface area contributed by atoms with Crippen LogP contribution in [0.3, 0.4) is 0 Å². The van der Waals surface area contributed by atoms with E-state index in [1.807, 2.05) is 32.8 Å². The van der Waals surface area contributed by atoms with Crippen LogP contribution in [0.5, 0.6) is 11.5 Å². The van der Waals surface area contributed by atoms with Crippen LogP contribution in [0.4, 0.5) is 0 Å². The first-order valence-corrected chi connectivity index (χ1v) is 10.7. The van der Waals surface area contributed by atoms with Crippen molar-refractivity contribution < 1.29 is 24.5 Å². The molecule has 1 unspecified atom stereocenters. The van der Waals surface area contributed by atoms with Gasteiger partial charge in [0.1, 0.15) is 17.3 Å². The second-order valence-corrected chi connectivity index (χ2v) is 8.61. The van der Waals surface area contributed by atoms with E-state index in [2.05, 4.69) is 0 Å². The monoisotopic (exact) mass is 458 g/mol. The maximum Gasteiger partial charge on any atom is 0.295 e. The molecule has 1 aliphatic heterocycles. The number of Topliss-reactive ketones (excluding diaryl/α,β-unsaturated/α-hetero) is 1. The van der Waals surface area contributed by atoms with E-state index < -0.39 is 17.7 Å². The van der Waals surface area contributed by atoms with E-state index in [0.717, 1.165) is 0 Å². The average Bonchev–Trinajstić information content (AvgIpc) is 2.98. The summed E-state index contributed by atoms with van der Waals surface area (Å²) in [6.45, 7) is 4.57. The number of aliphatic hydroxyl groups excluding tert-OH is 1. The molecule has 1 atom stereocenters. The largest absolute Gasteiger partial charge is 0.507 e. The number of likely N-dealkylation sites (tertiary alicyclic amines) is 1. The Morgan fingerprint density at radius 1 is 1.19 bits per heavy atom. The highest BCUT2D eigenvalue weighted by Gasteiger charge is 2.46. The van der Waals surface area contributed by atoms with Crippen LogP contribution >= 0.6 is 11.6 Å². The fourth-order valence-corrected chi connectivity index (χ4v) is 3.79. The van der Waals surface area contributed by atoms with Crippen LogP contribution in [0.2, 0.25) is 5.02 Å². The van der Waals surface area contributed by atoms with Crippen molar-refractivity contribution in [1.82, 2.24) is 9.80 Å². The standard InChI is InChI=1S/C24H27ClN2O5/c1-14(2)32-17-7-5-6-16(12-17)22(29)20-21(15-8-9-19(28)18(25)13-15)27(11-10-26(3)4)24(31)23(20)30/h5-9,12-14,21,28-29H,10-11H2,1-4H3/b22-20-. The third-order valence-electron chi connectivity index (χ3n) is 5.09. The van der Waals surface area contributed by atoms with Gasteiger partial charge in [0, 0.05) is 18.7 Å². The summed E-state index contributed by atoms with van der Waals surface area (Å²) in [5.74, 6) is -1.34. The molecule has 2 aromatic carbocycles. The predicted octanol–water partition coefficient (Wildman–Crippen LogP) is 3.82. The predicted molar refractivity (Wildman–Crippen MR) is 123 cm³/mol. The summed E-state index contributed by atoms with van der Waals surface area (Å²) in [4.78, 5) is 29.3. The molecule has 8 heteroatoms. The van der Waals surface area contributed by atoms with Gasteiger partial charge in [0.15, 0.2) is 0 Å². The summed E-state index contributed by atoms with van der Waals surface area (Å²) in [5.41, 5.74) is 0.850. The quantitative estimate of drug-likeness (QED) is 0.372. The van der Waals surface area contributed by atoms with E-state index in [9.17, 15) is 19.8 Å². The molecule has 0 bridgehead atoms.